The molecule has 0 aliphatic carbocycles. The van der Waals surface area contributed by atoms with Crippen molar-refractivity contribution in [3.05, 3.63) is 58.4 Å². The van der Waals surface area contributed by atoms with E-state index in [1.807, 2.05) is 0 Å². The van der Waals surface area contributed by atoms with Crippen molar-refractivity contribution >= 4 is 16.9 Å². The van der Waals surface area contributed by atoms with Crippen molar-refractivity contribution in [1.29, 1.82) is 0 Å². The highest BCUT2D eigenvalue weighted by atomic mass is 16.4. The van der Waals surface area contributed by atoms with Gasteiger partial charge in [0.1, 0.15) is 11.6 Å². The van der Waals surface area contributed by atoms with Gasteiger partial charge >= 0.3 is 5.97 Å². The first-order valence-electron chi connectivity index (χ1n) is 6.51. The minimum atomic E-state index is -1.01. The SMILES string of the molecule is Cn1c(-c2ccc(C(=O)O)cc2)nc2ccc(O)cc2c1=O. The molecule has 0 atom stereocenters. The Balaban J connectivity index is 2.23. The topological polar surface area (TPSA) is 92.4 Å². The molecule has 3 aromatic rings. The summed E-state index contributed by atoms with van der Waals surface area (Å²) >= 11 is 0. The highest BCUT2D eigenvalue weighted by Crippen LogP contribution is 2.21. The molecule has 0 unspecified atom stereocenters. The average Bonchev–Trinajstić information content (AvgIpc) is 2.51. The molecule has 2 aromatic carbocycles. The molecule has 6 nitrogen and oxygen atoms in total. The van der Waals surface area contributed by atoms with Gasteiger partial charge in [-0.2, -0.15) is 0 Å². The van der Waals surface area contributed by atoms with Crippen molar-refractivity contribution in [2.24, 2.45) is 7.05 Å². The van der Waals surface area contributed by atoms with Crippen LogP contribution in [0.2, 0.25) is 0 Å². The number of hydrogen-bond donors (Lipinski definition) is 2. The molecule has 0 saturated carbocycles. The predicted octanol–water partition coefficient (Wildman–Crippen LogP) is 2.00. The lowest BCUT2D eigenvalue weighted by Gasteiger charge is -2.09. The van der Waals surface area contributed by atoms with E-state index in [-0.39, 0.29) is 16.9 Å². The van der Waals surface area contributed by atoms with Crippen molar-refractivity contribution in [3.63, 3.8) is 0 Å². The molecule has 3 rings (SSSR count). The molecule has 0 amide bonds. The zero-order chi connectivity index (χ0) is 15.9. The lowest BCUT2D eigenvalue weighted by Crippen LogP contribution is -2.20. The Morgan fingerprint density at radius 3 is 2.45 bits per heavy atom. The number of aromatic hydroxyl groups is 1. The van der Waals surface area contributed by atoms with Gasteiger partial charge in [-0.15, -0.1) is 0 Å². The van der Waals surface area contributed by atoms with Gasteiger partial charge in [0.15, 0.2) is 0 Å². The lowest BCUT2D eigenvalue weighted by molar-refractivity contribution is 0.0697. The van der Waals surface area contributed by atoms with Crippen LogP contribution >= 0.6 is 0 Å². The predicted molar refractivity (Wildman–Crippen MR) is 81.0 cm³/mol. The van der Waals surface area contributed by atoms with E-state index in [1.165, 1.54) is 28.8 Å². The number of carboxylic acids is 1. The molecule has 0 spiro atoms. The van der Waals surface area contributed by atoms with Crippen molar-refractivity contribution in [3.8, 4) is 17.1 Å². The van der Waals surface area contributed by atoms with Crippen LogP contribution < -0.4 is 5.56 Å². The fraction of sp³-hybridized carbons (Fsp3) is 0.0625. The standard InChI is InChI=1S/C16H12N2O4/c1-18-14(9-2-4-10(5-3-9)16(21)22)17-13-7-6-11(19)8-12(13)15(18)20/h2-8,19H,1H3,(H,21,22). The quantitative estimate of drug-likeness (QED) is 0.754. The second-order valence-corrected chi connectivity index (χ2v) is 4.88. The minimum Gasteiger partial charge on any atom is -0.508 e. The van der Waals surface area contributed by atoms with Gasteiger partial charge < -0.3 is 10.2 Å². The van der Waals surface area contributed by atoms with Crippen LogP contribution in [-0.4, -0.2) is 25.7 Å². The van der Waals surface area contributed by atoms with E-state index < -0.39 is 5.97 Å². The summed E-state index contributed by atoms with van der Waals surface area (Å²) in [5.41, 5.74) is 0.996. The summed E-state index contributed by atoms with van der Waals surface area (Å²) in [5.74, 6) is -0.576. The number of aromatic carboxylic acids is 1. The molecule has 22 heavy (non-hydrogen) atoms. The van der Waals surface area contributed by atoms with Gasteiger partial charge in [-0.1, -0.05) is 12.1 Å². The van der Waals surface area contributed by atoms with Crippen LogP contribution in [0.1, 0.15) is 10.4 Å². The maximum absolute atomic E-state index is 12.4. The third kappa shape index (κ3) is 2.20. The summed E-state index contributed by atoms with van der Waals surface area (Å²) in [6.07, 6.45) is 0. The first-order valence-corrected chi connectivity index (χ1v) is 6.51. The molecule has 0 bridgehead atoms. The van der Waals surface area contributed by atoms with Crippen molar-refractivity contribution in [2.45, 2.75) is 0 Å². The second-order valence-electron chi connectivity index (χ2n) is 4.88. The van der Waals surface area contributed by atoms with Gasteiger partial charge in [-0.05, 0) is 30.3 Å². The fourth-order valence-electron chi connectivity index (χ4n) is 2.28. The Morgan fingerprint density at radius 1 is 1.14 bits per heavy atom. The maximum Gasteiger partial charge on any atom is 0.335 e. The Bertz CT molecular complexity index is 943. The number of hydrogen-bond acceptors (Lipinski definition) is 4. The fourth-order valence-corrected chi connectivity index (χ4v) is 2.28. The molecule has 0 aliphatic heterocycles. The van der Waals surface area contributed by atoms with Crippen LogP contribution in [0.5, 0.6) is 5.75 Å². The molecular formula is C16H12N2O4. The van der Waals surface area contributed by atoms with E-state index in [1.54, 1.807) is 25.2 Å². The zero-order valence-electron chi connectivity index (χ0n) is 11.6. The summed E-state index contributed by atoms with van der Waals surface area (Å²) in [5, 5.41) is 18.7. The molecular weight excluding hydrogens is 284 g/mol. The molecule has 0 fully saturated rings. The number of benzene rings is 2. The van der Waals surface area contributed by atoms with Crippen LogP contribution in [0.25, 0.3) is 22.3 Å². The number of nitrogens with zero attached hydrogens (tertiary/aromatic N) is 2. The highest BCUT2D eigenvalue weighted by Gasteiger charge is 2.11. The summed E-state index contributed by atoms with van der Waals surface area (Å²) < 4.78 is 1.37. The summed E-state index contributed by atoms with van der Waals surface area (Å²) in [6.45, 7) is 0. The number of carbonyl (C=O) groups is 1. The Hall–Kier alpha value is -3.15. The maximum atomic E-state index is 12.4. The normalized spacial score (nSPS) is 10.8. The van der Waals surface area contributed by atoms with Crippen LogP contribution in [0.4, 0.5) is 0 Å². The third-order valence-electron chi connectivity index (χ3n) is 3.45. The van der Waals surface area contributed by atoms with E-state index in [0.29, 0.717) is 22.3 Å². The number of phenolic OH excluding ortho intramolecular Hbond substituents is 1. The molecule has 0 radical (unpaired) electrons. The molecule has 0 aliphatic rings. The Labute approximate surface area is 124 Å². The molecule has 1 aromatic heterocycles. The summed E-state index contributed by atoms with van der Waals surface area (Å²) in [4.78, 5) is 27.7. The minimum absolute atomic E-state index is 0.00459. The molecule has 0 saturated heterocycles. The molecule has 6 heteroatoms. The Morgan fingerprint density at radius 2 is 1.82 bits per heavy atom. The van der Waals surface area contributed by atoms with Crippen molar-refractivity contribution in [2.75, 3.05) is 0 Å². The second kappa shape index (κ2) is 5.00. The van der Waals surface area contributed by atoms with Gasteiger partial charge in [0, 0.05) is 12.6 Å². The third-order valence-corrected chi connectivity index (χ3v) is 3.45. The largest absolute Gasteiger partial charge is 0.508 e. The van der Waals surface area contributed by atoms with Crippen LogP contribution in [-0.2, 0) is 7.05 Å². The number of rotatable bonds is 2. The number of carboxylic acid groups (broad SMARTS) is 1. The van der Waals surface area contributed by atoms with Gasteiger partial charge in [0.05, 0.1) is 16.5 Å². The number of fused-ring (bicyclic) bond motifs is 1. The molecule has 1 heterocycles. The van der Waals surface area contributed by atoms with E-state index in [0.717, 1.165) is 0 Å². The highest BCUT2D eigenvalue weighted by molar-refractivity contribution is 5.88. The van der Waals surface area contributed by atoms with Crippen molar-refractivity contribution in [1.82, 2.24) is 9.55 Å². The summed E-state index contributed by atoms with van der Waals surface area (Å²) in [7, 11) is 1.58. The first kappa shape index (κ1) is 13.8. The molecule has 110 valence electrons. The van der Waals surface area contributed by atoms with E-state index in [2.05, 4.69) is 4.98 Å². The van der Waals surface area contributed by atoms with Gasteiger partial charge in [-0.3, -0.25) is 9.36 Å². The lowest BCUT2D eigenvalue weighted by atomic mass is 10.1. The number of phenols is 1. The van der Waals surface area contributed by atoms with Gasteiger partial charge in [0.2, 0.25) is 0 Å². The van der Waals surface area contributed by atoms with Crippen LogP contribution in [0.3, 0.4) is 0 Å². The summed E-state index contributed by atoms with van der Waals surface area (Å²) in [6, 6.07) is 10.6. The monoisotopic (exact) mass is 296 g/mol. The van der Waals surface area contributed by atoms with Crippen LogP contribution in [0.15, 0.2) is 47.3 Å². The van der Waals surface area contributed by atoms with Gasteiger partial charge in [0.25, 0.3) is 5.56 Å². The van der Waals surface area contributed by atoms with E-state index in [9.17, 15) is 14.7 Å². The number of aromatic nitrogens is 2. The average molecular weight is 296 g/mol. The smallest absolute Gasteiger partial charge is 0.335 e. The van der Waals surface area contributed by atoms with E-state index in [4.69, 9.17) is 5.11 Å². The van der Waals surface area contributed by atoms with Crippen molar-refractivity contribution < 1.29 is 15.0 Å². The Kier molecular flexibility index (Phi) is 3.14. The van der Waals surface area contributed by atoms with E-state index >= 15 is 0 Å². The zero-order valence-corrected chi connectivity index (χ0v) is 11.6. The van der Waals surface area contributed by atoms with Crippen LogP contribution in [0, 0.1) is 0 Å². The first-order chi connectivity index (χ1) is 10.5. The molecule has 2 N–H and O–H groups in total. The van der Waals surface area contributed by atoms with Gasteiger partial charge in [-0.25, -0.2) is 9.78 Å².